The van der Waals surface area contributed by atoms with Crippen molar-refractivity contribution in [2.45, 2.75) is 0 Å². The quantitative estimate of drug-likeness (QED) is 0.444. The summed E-state index contributed by atoms with van der Waals surface area (Å²) in [4.78, 5) is 9.49. The number of pyridine rings is 1. The third-order valence-electron chi connectivity index (χ3n) is 5.89. The lowest BCUT2D eigenvalue weighted by Crippen LogP contribution is -2.47. The molecule has 31 heavy (non-hydrogen) atoms. The van der Waals surface area contributed by atoms with Gasteiger partial charge in [-0.15, -0.1) is 0 Å². The van der Waals surface area contributed by atoms with Gasteiger partial charge in [-0.05, 0) is 42.5 Å². The van der Waals surface area contributed by atoms with E-state index in [9.17, 15) is 0 Å². The van der Waals surface area contributed by atoms with Crippen molar-refractivity contribution in [2.24, 2.45) is 0 Å². The molecule has 160 valence electrons. The number of aromatic nitrogens is 3. The molecule has 0 atom stereocenters. The number of H-pyrrole nitrogens is 1. The SMILES string of the molecule is COc1ccc2nc(Nc3ccc(N4CCN(CCO)CC4)cc3)c3[nH]ncc3c2c1. The van der Waals surface area contributed by atoms with E-state index in [-0.39, 0.29) is 6.61 Å². The number of hydrogen-bond acceptors (Lipinski definition) is 7. The summed E-state index contributed by atoms with van der Waals surface area (Å²) >= 11 is 0. The van der Waals surface area contributed by atoms with E-state index in [4.69, 9.17) is 14.8 Å². The average molecular weight is 419 g/mol. The van der Waals surface area contributed by atoms with Gasteiger partial charge in [0, 0.05) is 54.9 Å². The number of β-amino-alcohol motifs (C(OH)–C–C–N with tert-alkyl or cyclic N) is 1. The fourth-order valence-corrected chi connectivity index (χ4v) is 4.16. The summed E-state index contributed by atoms with van der Waals surface area (Å²) in [5.41, 5.74) is 3.93. The zero-order valence-electron chi connectivity index (χ0n) is 17.5. The molecule has 0 amide bonds. The highest BCUT2D eigenvalue weighted by Gasteiger charge is 2.17. The van der Waals surface area contributed by atoms with Crippen molar-refractivity contribution in [3.05, 3.63) is 48.7 Å². The lowest BCUT2D eigenvalue weighted by atomic mass is 10.1. The van der Waals surface area contributed by atoms with Gasteiger partial charge < -0.3 is 20.1 Å². The molecule has 0 saturated carbocycles. The van der Waals surface area contributed by atoms with Gasteiger partial charge in [-0.3, -0.25) is 10.00 Å². The standard InChI is InChI=1S/C23H26N6O2/c1-31-18-6-7-21-19(14-18)20-15-24-27-22(20)23(26-21)25-16-2-4-17(5-3-16)29-10-8-28(9-11-29)12-13-30/h2-7,14-15,30H,8-13H2,1H3,(H,24,27)(H,25,26). The number of methoxy groups -OCH3 is 1. The van der Waals surface area contributed by atoms with E-state index in [1.165, 1.54) is 5.69 Å². The summed E-state index contributed by atoms with van der Waals surface area (Å²) < 4.78 is 5.36. The molecule has 8 nitrogen and oxygen atoms in total. The van der Waals surface area contributed by atoms with E-state index in [1.807, 2.05) is 24.4 Å². The van der Waals surface area contributed by atoms with Crippen molar-refractivity contribution in [2.75, 3.05) is 56.7 Å². The van der Waals surface area contributed by atoms with Crippen LogP contribution < -0.4 is 15.0 Å². The van der Waals surface area contributed by atoms with Crippen LogP contribution in [0.15, 0.2) is 48.7 Å². The maximum absolute atomic E-state index is 9.11. The molecule has 2 aromatic carbocycles. The first-order chi connectivity index (χ1) is 15.2. The molecule has 3 N–H and O–H groups in total. The van der Waals surface area contributed by atoms with Crippen LogP contribution in [0.3, 0.4) is 0 Å². The zero-order chi connectivity index (χ0) is 21.2. The molecule has 0 bridgehead atoms. The fraction of sp³-hybridized carbons (Fsp3) is 0.304. The normalized spacial score (nSPS) is 15.0. The molecule has 8 heteroatoms. The molecule has 5 rings (SSSR count). The number of ether oxygens (including phenoxy) is 1. The smallest absolute Gasteiger partial charge is 0.157 e. The van der Waals surface area contributed by atoms with E-state index in [2.05, 4.69) is 49.6 Å². The number of nitrogens with zero attached hydrogens (tertiary/aromatic N) is 4. The summed E-state index contributed by atoms with van der Waals surface area (Å²) in [7, 11) is 1.66. The molecule has 4 aromatic rings. The van der Waals surface area contributed by atoms with Crippen LogP contribution in [0.1, 0.15) is 0 Å². The first-order valence-electron chi connectivity index (χ1n) is 10.5. The Morgan fingerprint density at radius 2 is 1.87 bits per heavy atom. The molecule has 1 saturated heterocycles. The molecule has 0 spiro atoms. The van der Waals surface area contributed by atoms with Crippen molar-refractivity contribution in [3.8, 4) is 5.75 Å². The maximum atomic E-state index is 9.11. The average Bonchev–Trinajstić information content (AvgIpc) is 3.31. The van der Waals surface area contributed by atoms with Gasteiger partial charge in [0.15, 0.2) is 5.82 Å². The minimum absolute atomic E-state index is 0.223. The van der Waals surface area contributed by atoms with Crippen molar-refractivity contribution >= 4 is 39.0 Å². The first-order valence-corrected chi connectivity index (χ1v) is 10.5. The van der Waals surface area contributed by atoms with E-state index in [0.29, 0.717) is 0 Å². The van der Waals surface area contributed by atoms with Crippen LogP contribution in [0.4, 0.5) is 17.2 Å². The van der Waals surface area contributed by atoms with Gasteiger partial charge in [-0.1, -0.05) is 0 Å². The number of anilines is 3. The molecular formula is C23H26N6O2. The van der Waals surface area contributed by atoms with Crippen molar-refractivity contribution < 1.29 is 9.84 Å². The van der Waals surface area contributed by atoms with Crippen LogP contribution in [-0.2, 0) is 0 Å². The van der Waals surface area contributed by atoms with Gasteiger partial charge in [0.25, 0.3) is 0 Å². The molecule has 1 aliphatic rings. The number of aliphatic hydroxyl groups excluding tert-OH is 1. The lowest BCUT2D eigenvalue weighted by Gasteiger charge is -2.35. The summed E-state index contributed by atoms with van der Waals surface area (Å²) in [5.74, 6) is 1.54. The van der Waals surface area contributed by atoms with Crippen LogP contribution in [-0.4, -0.2) is 71.6 Å². The third-order valence-corrected chi connectivity index (χ3v) is 5.89. The second kappa shape index (κ2) is 8.41. The Morgan fingerprint density at radius 1 is 1.06 bits per heavy atom. The lowest BCUT2D eigenvalue weighted by molar-refractivity contribution is 0.189. The van der Waals surface area contributed by atoms with Gasteiger partial charge in [0.1, 0.15) is 11.3 Å². The highest BCUT2D eigenvalue weighted by Crippen LogP contribution is 2.32. The van der Waals surface area contributed by atoms with E-state index in [0.717, 1.165) is 71.8 Å². The molecule has 0 aliphatic carbocycles. The number of nitrogens with one attached hydrogen (secondary N) is 2. The van der Waals surface area contributed by atoms with Gasteiger partial charge in [-0.2, -0.15) is 5.10 Å². The summed E-state index contributed by atoms with van der Waals surface area (Å²) in [6.07, 6.45) is 1.82. The highest BCUT2D eigenvalue weighted by atomic mass is 16.5. The third kappa shape index (κ3) is 3.87. The summed E-state index contributed by atoms with van der Waals surface area (Å²) in [5, 5.41) is 21.9. The molecule has 0 radical (unpaired) electrons. The number of fused-ring (bicyclic) bond motifs is 3. The Bertz CT molecular complexity index is 1180. The Morgan fingerprint density at radius 3 is 2.61 bits per heavy atom. The van der Waals surface area contributed by atoms with Crippen LogP contribution in [0.25, 0.3) is 21.8 Å². The van der Waals surface area contributed by atoms with E-state index in [1.54, 1.807) is 7.11 Å². The second-order valence-corrected chi connectivity index (χ2v) is 7.73. The van der Waals surface area contributed by atoms with Gasteiger partial charge >= 0.3 is 0 Å². The van der Waals surface area contributed by atoms with Crippen molar-refractivity contribution in [3.63, 3.8) is 0 Å². The molecular weight excluding hydrogens is 392 g/mol. The van der Waals surface area contributed by atoms with Crippen molar-refractivity contribution in [1.82, 2.24) is 20.1 Å². The molecule has 1 aliphatic heterocycles. The molecule has 1 fully saturated rings. The van der Waals surface area contributed by atoms with Crippen LogP contribution in [0.5, 0.6) is 5.75 Å². The van der Waals surface area contributed by atoms with Gasteiger partial charge in [0.05, 0.1) is 25.4 Å². The van der Waals surface area contributed by atoms with E-state index >= 15 is 0 Å². The number of rotatable bonds is 6. The predicted octanol–water partition coefficient (Wildman–Crippen LogP) is 2.98. The number of piperazine rings is 1. The van der Waals surface area contributed by atoms with Crippen LogP contribution >= 0.6 is 0 Å². The number of hydrogen-bond donors (Lipinski definition) is 3. The molecule has 0 unspecified atom stereocenters. The van der Waals surface area contributed by atoms with Crippen LogP contribution in [0, 0.1) is 0 Å². The second-order valence-electron chi connectivity index (χ2n) is 7.73. The Hall–Kier alpha value is -3.36. The topological polar surface area (TPSA) is 89.5 Å². The van der Waals surface area contributed by atoms with E-state index < -0.39 is 0 Å². The Kier molecular flexibility index (Phi) is 5.31. The fourth-order valence-electron chi connectivity index (χ4n) is 4.16. The summed E-state index contributed by atoms with van der Waals surface area (Å²) in [6.45, 7) is 4.87. The predicted molar refractivity (Wildman–Crippen MR) is 123 cm³/mol. The minimum atomic E-state index is 0.223. The molecule has 3 heterocycles. The van der Waals surface area contributed by atoms with Gasteiger partial charge in [0.2, 0.25) is 0 Å². The number of aliphatic hydroxyl groups is 1. The first kappa shape index (κ1) is 19.6. The summed E-state index contributed by atoms with van der Waals surface area (Å²) in [6, 6.07) is 14.3. The van der Waals surface area contributed by atoms with Crippen LogP contribution in [0.2, 0.25) is 0 Å². The minimum Gasteiger partial charge on any atom is -0.497 e. The highest BCUT2D eigenvalue weighted by molar-refractivity contribution is 6.09. The number of benzene rings is 2. The monoisotopic (exact) mass is 418 g/mol. The zero-order valence-corrected chi connectivity index (χ0v) is 17.5. The maximum Gasteiger partial charge on any atom is 0.157 e. The number of aromatic amines is 1. The Labute approximate surface area is 180 Å². The van der Waals surface area contributed by atoms with Crippen molar-refractivity contribution in [1.29, 1.82) is 0 Å². The largest absolute Gasteiger partial charge is 0.497 e. The Balaban J connectivity index is 1.37. The van der Waals surface area contributed by atoms with Gasteiger partial charge in [-0.25, -0.2) is 4.98 Å². The molecule has 2 aromatic heterocycles.